The maximum atomic E-state index is 6.35. The van der Waals surface area contributed by atoms with E-state index in [1.165, 1.54) is 0 Å². The third-order valence-electron chi connectivity index (χ3n) is 0.438. The monoisotopic (exact) mass is 120 g/mol. The molecule has 0 aliphatic carbocycles. The van der Waals surface area contributed by atoms with Crippen molar-refractivity contribution in [1.82, 2.24) is 0 Å². The highest BCUT2D eigenvalue weighted by atomic mass is 13.5. The zero-order valence-corrected chi connectivity index (χ0v) is 5.00. The summed E-state index contributed by atoms with van der Waals surface area (Å²) >= 11 is 0. The average Bonchev–Trinajstić information content (AvgIpc) is 1.97. The summed E-state index contributed by atoms with van der Waals surface area (Å²) in [6.45, 7) is 0. The van der Waals surface area contributed by atoms with Crippen LogP contribution in [0.4, 0.5) is 0 Å². The van der Waals surface area contributed by atoms with E-state index in [1.807, 2.05) is 11.8 Å². The lowest BCUT2D eigenvalue weighted by atomic mass is 10.5. The molecule has 0 spiro atoms. The molecule has 0 aliphatic heterocycles. The standard InChI is InChI=1S/C10/c1-3-5-7-9-10-8-6-4-2. The van der Waals surface area contributed by atoms with Gasteiger partial charge in [0, 0.05) is 60.2 Å². The largest absolute Gasteiger partial charge is 0 e. The van der Waals surface area contributed by atoms with Crippen molar-refractivity contribution in [3.05, 3.63) is 12.8 Å². The second-order valence-corrected chi connectivity index (χ2v) is 1.00. The van der Waals surface area contributed by atoms with E-state index in [4.69, 9.17) is 12.8 Å². The third kappa shape index (κ3) is 5.80. The van der Waals surface area contributed by atoms with Gasteiger partial charge in [0.15, 0.2) is 0 Å². The molecule has 0 nitrogen and oxygen atoms in total. The second-order valence-electron chi connectivity index (χ2n) is 1.00. The van der Waals surface area contributed by atoms with Crippen molar-refractivity contribution in [2.45, 2.75) is 0 Å². The van der Waals surface area contributed by atoms with E-state index in [0.717, 1.165) is 0 Å². The van der Waals surface area contributed by atoms with E-state index in [2.05, 4.69) is 35.5 Å². The Morgan fingerprint density at radius 2 is 0.800 bits per heavy atom. The minimum atomic E-state index is 1.84. The van der Waals surface area contributed by atoms with Gasteiger partial charge in [0.2, 0.25) is 0 Å². The molecule has 0 rings (SSSR count). The summed E-state index contributed by atoms with van der Waals surface area (Å²) in [5.74, 6) is 17.3. The summed E-state index contributed by atoms with van der Waals surface area (Å²) in [4.78, 5) is 0. The third-order valence-corrected chi connectivity index (χ3v) is 0.438. The van der Waals surface area contributed by atoms with Gasteiger partial charge in [-0.2, -0.15) is 0 Å². The van der Waals surface area contributed by atoms with Crippen LogP contribution >= 0.6 is 0 Å². The van der Waals surface area contributed by atoms with Crippen LogP contribution in [0.3, 0.4) is 0 Å². The van der Waals surface area contributed by atoms with Gasteiger partial charge in [-0.3, -0.25) is 0 Å². The van der Waals surface area contributed by atoms with Crippen LogP contribution in [0.15, 0.2) is 0 Å². The van der Waals surface area contributed by atoms with E-state index < -0.39 is 0 Å². The van der Waals surface area contributed by atoms with Crippen LogP contribution in [0.25, 0.3) is 0 Å². The van der Waals surface area contributed by atoms with Gasteiger partial charge < -0.3 is 0 Å². The van der Waals surface area contributed by atoms with Crippen molar-refractivity contribution in [2.75, 3.05) is 0 Å². The van der Waals surface area contributed by atoms with E-state index >= 15 is 0 Å². The first-order chi connectivity index (χ1) is 4.91. The highest BCUT2D eigenvalue weighted by Gasteiger charge is 1.52. The van der Waals surface area contributed by atoms with Crippen molar-refractivity contribution in [3.8, 4) is 47.4 Å². The first kappa shape index (κ1) is 7.80. The lowest BCUT2D eigenvalue weighted by Crippen LogP contribution is -1.51. The summed E-state index contributed by atoms with van der Waals surface area (Å²) in [6.07, 6.45) is 12.7. The van der Waals surface area contributed by atoms with Gasteiger partial charge in [0.05, 0.1) is 0 Å². The normalized spacial score (nSPS) is 3.40. The van der Waals surface area contributed by atoms with Gasteiger partial charge in [-0.1, -0.05) is 0 Å². The van der Waals surface area contributed by atoms with Crippen molar-refractivity contribution in [2.24, 2.45) is 0 Å². The van der Waals surface area contributed by atoms with Gasteiger partial charge in [-0.25, -0.2) is 0 Å². The van der Waals surface area contributed by atoms with Crippen LogP contribution in [0.1, 0.15) is 0 Å². The predicted molar refractivity (Wildman–Crippen MR) is 37.6 cm³/mol. The quantitative estimate of drug-likeness (QED) is 0.400. The first-order valence-corrected chi connectivity index (χ1v) is 2.25. The Hall–Kier alpha value is -2.20. The minimum Gasteiger partial charge on any atom is 0 e. The van der Waals surface area contributed by atoms with Crippen LogP contribution in [0.5, 0.6) is 0 Å². The molecule has 0 unspecified atom stereocenters. The first-order valence-electron chi connectivity index (χ1n) is 2.25. The highest BCUT2D eigenvalue weighted by Crippen LogP contribution is 1.52. The molecular formula is C10. The molecule has 0 fully saturated rings. The second kappa shape index (κ2) is 6.80. The molecule has 0 aromatic heterocycles. The van der Waals surface area contributed by atoms with E-state index in [9.17, 15) is 0 Å². The molecular weight excluding hydrogens is 120 g/mol. The molecule has 0 N–H and O–H groups in total. The molecule has 0 aromatic carbocycles. The van der Waals surface area contributed by atoms with Crippen LogP contribution in [-0.4, -0.2) is 0 Å². The van der Waals surface area contributed by atoms with Crippen molar-refractivity contribution in [3.63, 3.8) is 0 Å². The molecule has 2 radical (unpaired) electrons. The Morgan fingerprint density at radius 1 is 0.500 bits per heavy atom. The molecule has 0 heteroatoms. The number of hydrogen-bond donors (Lipinski definition) is 0. The SMILES string of the molecule is [C]#CC#CC#CC#CC#[C]. The Labute approximate surface area is 61.0 Å². The molecule has 0 saturated carbocycles. The smallest absolute Gasteiger partial charge is 0 e. The number of hydrogen-bond acceptors (Lipinski definition) is 0. The molecule has 0 heterocycles. The van der Waals surface area contributed by atoms with Crippen molar-refractivity contribution in [1.29, 1.82) is 0 Å². The Bertz CT molecular complexity index is 314. The molecule has 10 heavy (non-hydrogen) atoms. The van der Waals surface area contributed by atoms with Gasteiger partial charge in [-0.05, 0) is 0 Å². The molecule has 0 aliphatic rings. The van der Waals surface area contributed by atoms with E-state index in [0.29, 0.717) is 0 Å². The summed E-state index contributed by atoms with van der Waals surface area (Å²) in [5.41, 5.74) is 0. The Kier molecular flexibility index (Phi) is 5.30. The van der Waals surface area contributed by atoms with Crippen LogP contribution in [0, 0.1) is 60.2 Å². The molecule has 0 atom stereocenters. The fourth-order valence-electron chi connectivity index (χ4n) is 0.188. The van der Waals surface area contributed by atoms with Crippen molar-refractivity contribution >= 4 is 0 Å². The zero-order chi connectivity index (χ0) is 7.66. The summed E-state index contributed by atoms with van der Waals surface area (Å²) in [5, 5.41) is 0. The Morgan fingerprint density at radius 3 is 1.10 bits per heavy atom. The fourth-order valence-corrected chi connectivity index (χ4v) is 0.188. The minimum absolute atomic E-state index is 1.84. The summed E-state index contributed by atoms with van der Waals surface area (Å²) < 4.78 is 0. The van der Waals surface area contributed by atoms with Gasteiger partial charge in [0.1, 0.15) is 0 Å². The van der Waals surface area contributed by atoms with Gasteiger partial charge >= 0.3 is 0 Å². The Balaban J connectivity index is 4.01. The van der Waals surface area contributed by atoms with E-state index in [-0.39, 0.29) is 0 Å². The lowest BCUT2D eigenvalue weighted by Gasteiger charge is -1.51. The zero-order valence-electron chi connectivity index (χ0n) is 5.00. The fraction of sp³-hybridized carbons (Fsp3) is 0. The van der Waals surface area contributed by atoms with E-state index in [1.54, 1.807) is 0 Å². The molecule has 0 saturated heterocycles. The molecule has 0 amide bonds. The van der Waals surface area contributed by atoms with Gasteiger partial charge in [0.25, 0.3) is 0 Å². The maximum Gasteiger partial charge on any atom is 0 e. The summed E-state index contributed by atoms with van der Waals surface area (Å²) in [7, 11) is 0. The molecule has 0 bridgehead atoms. The average molecular weight is 120 g/mol. The van der Waals surface area contributed by atoms with Crippen LogP contribution < -0.4 is 0 Å². The number of rotatable bonds is 0. The molecule has 0 aromatic rings. The van der Waals surface area contributed by atoms with Crippen LogP contribution in [0.2, 0.25) is 0 Å². The predicted octanol–water partition coefficient (Wildman–Crippen LogP) is 0.176. The lowest BCUT2D eigenvalue weighted by molar-refractivity contribution is 2.35. The summed E-state index contributed by atoms with van der Waals surface area (Å²) in [6, 6.07) is 0. The molecule has 40 valence electrons. The topological polar surface area (TPSA) is 0 Å². The highest BCUT2D eigenvalue weighted by molar-refractivity contribution is 5.40. The maximum absolute atomic E-state index is 6.35. The van der Waals surface area contributed by atoms with Crippen LogP contribution in [-0.2, 0) is 0 Å². The van der Waals surface area contributed by atoms with Gasteiger partial charge in [-0.15, -0.1) is 0 Å². The van der Waals surface area contributed by atoms with Crippen molar-refractivity contribution < 1.29 is 0 Å².